The molecule has 0 radical (unpaired) electrons. The number of carbonyl (C=O) groups is 2. The maximum atomic E-state index is 13.1. The normalized spacial score (nSPS) is 11.2. The van der Waals surface area contributed by atoms with E-state index in [1.807, 2.05) is 104 Å². The van der Waals surface area contributed by atoms with Gasteiger partial charge in [0.25, 0.3) is 11.8 Å². The highest BCUT2D eigenvalue weighted by Crippen LogP contribution is 2.16. The van der Waals surface area contributed by atoms with Crippen LogP contribution >= 0.6 is 0 Å². The van der Waals surface area contributed by atoms with Crippen molar-refractivity contribution in [2.75, 3.05) is 19.0 Å². The number of hydrogen-bond acceptors (Lipinski definition) is 5. The van der Waals surface area contributed by atoms with Crippen molar-refractivity contribution in [3.63, 3.8) is 0 Å². The lowest BCUT2D eigenvalue weighted by molar-refractivity contribution is -0.117. The molecule has 0 aromatic heterocycles. The Morgan fingerprint density at radius 3 is 2.21 bits per heavy atom. The highest BCUT2D eigenvalue weighted by molar-refractivity contribution is 6.05. The van der Waals surface area contributed by atoms with Crippen LogP contribution in [0.5, 0.6) is 5.75 Å². The van der Waals surface area contributed by atoms with Crippen molar-refractivity contribution < 1.29 is 14.3 Å². The van der Waals surface area contributed by atoms with Gasteiger partial charge in [-0.05, 0) is 59.2 Å². The molecule has 4 aromatic rings. The summed E-state index contributed by atoms with van der Waals surface area (Å²) < 4.78 is 5.87. The first kappa shape index (κ1) is 26.9. The van der Waals surface area contributed by atoms with Gasteiger partial charge in [-0.1, -0.05) is 72.8 Å². The number of benzene rings is 4. The van der Waals surface area contributed by atoms with E-state index in [9.17, 15) is 9.59 Å². The van der Waals surface area contributed by atoms with Gasteiger partial charge in [0, 0.05) is 25.3 Å². The summed E-state index contributed by atoms with van der Waals surface area (Å²) in [5.41, 5.74) is 6.61. The second-order valence-corrected chi connectivity index (χ2v) is 8.91. The number of hydrazone groups is 1. The van der Waals surface area contributed by atoms with Crippen LogP contribution in [0.2, 0.25) is 0 Å². The zero-order valence-electron chi connectivity index (χ0n) is 21.9. The number of hydrogen-bond donors (Lipinski definition) is 2. The Bertz CT molecular complexity index is 1450. The molecule has 0 aliphatic carbocycles. The molecule has 0 aliphatic heterocycles. The van der Waals surface area contributed by atoms with Gasteiger partial charge in [-0.25, -0.2) is 5.43 Å². The molecule has 0 saturated carbocycles. The molecule has 0 spiro atoms. The molecular formula is C32H30N4O3. The zero-order valence-corrected chi connectivity index (χ0v) is 21.9. The van der Waals surface area contributed by atoms with Gasteiger partial charge in [-0.15, -0.1) is 0 Å². The number of nitrogens with one attached hydrogen (secondary N) is 2. The molecule has 39 heavy (non-hydrogen) atoms. The maximum Gasteiger partial charge on any atom is 0.287 e. The Morgan fingerprint density at radius 1 is 0.821 bits per heavy atom. The van der Waals surface area contributed by atoms with Gasteiger partial charge in [0.2, 0.25) is 0 Å². The van der Waals surface area contributed by atoms with Crippen molar-refractivity contribution in [3.05, 3.63) is 137 Å². The lowest BCUT2D eigenvalue weighted by atomic mass is 10.1. The van der Waals surface area contributed by atoms with Crippen molar-refractivity contribution in [1.82, 2.24) is 10.7 Å². The molecule has 7 heteroatoms. The second-order valence-electron chi connectivity index (χ2n) is 8.91. The summed E-state index contributed by atoms with van der Waals surface area (Å²) in [5, 5.41) is 6.82. The molecule has 0 bridgehead atoms. The first-order valence-electron chi connectivity index (χ1n) is 12.4. The quantitative estimate of drug-likeness (QED) is 0.171. The minimum Gasteiger partial charge on any atom is -0.489 e. The van der Waals surface area contributed by atoms with Crippen molar-refractivity contribution in [2.45, 2.75) is 6.61 Å². The summed E-state index contributed by atoms with van der Waals surface area (Å²) in [7, 11) is 3.90. The third kappa shape index (κ3) is 8.16. The zero-order chi connectivity index (χ0) is 27.5. The number of amides is 2. The largest absolute Gasteiger partial charge is 0.489 e. The number of ether oxygens (including phenoxy) is 1. The van der Waals surface area contributed by atoms with E-state index in [1.165, 1.54) is 6.21 Å². The molecule has 2 N–H and O–H groups in total. The molecular weight excluding hydrogens is 488 g/mol. The van der Waals surface area contributed by atoms with Gasteiger partial charge in [0.05, 0.1) is 6.21 Å². The Kier molecular flexibility index (Phi) is 9.23. The molecule has 196 valence electrons. The first-order chi connectivity index (χ1) is 19.0. The molecule has 0 heterocycles. The summed E-state index contributed by atoms with van der Waals surface area (Å²) in [6.45, 7) is 0.447. The fourth-order valence-corrected chi connectivity index (χ4v) is 3.63. The molecule has 2 amide bonds. The van der Waals surface area contributed by atoms with Gasteiger partial charge >= 0.3 is 0 Å². The van der Waals surface area contributed by atoms with Gasteiger partial charge in [0.1, 0.15) is 18.1 Å². The highest BCUT2D eigenvalue weighted by Gasteiger charge is 2.14. The van der Waals surface area contributed by atoms with E-state index in [0.717, 1.165) is 22.4 Å². The van der Waals surface area contributed by atoms with Crippen molar-refractivity contribution in [3.8, 4) is 5.75 Å². The van der Waals surface area contributed by atoms with Crippen molar-refractivity contribution in [1.29, 1.82) is 0 Å². The lowest BCUT2D eigenvalue weighted by Crippen LogP contribution is -2.32. The van der Waals surface area contributed by atoms with Crippen molar-refractivity contribution in [2.24, 2.45) is 5.10 Å². The van der Waals surface area contributed by atoms with Crippen LogP contribution in [0.15, 0.2) is 120 Å². The van der Waals surface area contributed by atoms with Crippen LogP contribution in [0.1, 0.15) is 27.0 Å². The Labute approximate surface area is 228 Å². The highest BCUT2D eigenvalue weighted by atomic mass is 16.5. The van der Waals surface area contributed by atoms with E-state index < -0.39 is 11.8 Å². The van der Waals surface area contributed by atoms with Crippen LogP contribution in [0.25, 0.3) is 6.08 Å². The molecule has 0 atom stereocenters. The van der Waals surface area contributed by atoms with E-state index in [0.29, 0.717) is 17.9 Å². The van der Waals surface area contributed by atoms with E-state index in [4.69, 9.17) is 4.74 Å². The average Bonchev–Trinajstić information content (AvgIpc) is 2.97. The molecule has 0 unspecified atom stereocenters. The number of anilines is 1. The van der Waals surface area contributed by atoms with Crippen LogP contribution in [-0.2, 0) is 11.4 Å². The van der Waals surface area contributed by atoms with E-state index in [-0.39, 0.29) is 5.70 Å². The fourth-order valence-electron chi connectivity index (χ4n) is 3.63. The predicted octanol–water partition coefficient (Wildman–Crippen LogP) is 5.25. The second kappa shape index (κ2) is 13.4. The summed E-state index contributed by atoms with van der Waals surface area (Å²) >= 11 is 0. The van der Waals surface area contributed by atoms with Gasteiger partial charge < -0.3 is 15.0 Å². The molecule has 4 aromatic carbocycles. The van der Waals surface area contributed by atoms with Crippen LogP contribution in [0, 0.1) is 0 Å². The topological polar surface area (TPSA) is 83.0 Å². The number of nitrogens with zero attached hydrogens (tertiary/aromatic N) is 2. The fraction of sp³-hybridized carbons (Fsp3) is 0.0938. The molecule has 0 saturated heterocycles. The minimum absolute atomic E-state index is 0.0681. The van der Waals surface area contributed by atoms with Crippen LogP contribution in [-0.4, -0.2) is 32.1 Å². The van der Waals surface area contributed by atoms with Gasteiger partial charge in [-0.3, -0.25) is 9.59 Å². The molecule has 0 aliphatic rings. The van der Waals surface area contributed by atoms with Crippen molar-refractivity contribution >= 4 is 29.8 Å². The maximum absolute atomic E-state index is 13.1. The Hall–Kier alpha value is -5.17. The molecule has 0 fully saturated rings. The minimum atomic E-state index is -0.552. The number of rotatable bonds is 10. The van der Waals surface area contributed by atoms with E-state index in [1.54, 1.807) is 30.3 Å². The Balaban J connectivity index is 1.46. The van der Waals surface area contributed by atoms with Gasteiger partial charge in [0.15, 0.2) is 0 Å². The standard InChI is InChI=1S/C32H30N4O3/c1-36(2)28-18-16-24(17-19-28)21-30(34-31(37)27-13-7-4-8-14-27)32(38)35-33-22-26-12-9-15-29(20-26)39-23-25-10-5-3-6-11-25/h3-22H,23H2,1-2H3,(H,34,37)(H,35,38)/b30-21+,33-22-. The molecule has 7 nitrogen and oxygen atoms in total. The SMILES string of the molecule is CN(C)c1ccc(/C=C(/NC(=O)c2ccccc2)C(=O)N/N=C\c2cccc(OCc3ccccc3)c2)cc1. The van der Waals surface area contributed by atoms with Crippen LogP contribution in [0.3, 0.4) is 0 Å². The van der Waals surface area contributed by atoms with E-state index >= 15 is 0 Å². The van der Waals surface area contributed by atoms with Crippen LogP contribution < -0.4 is 20.4 Å². The monoisotopic (exact) mass is 518 g/mol. The van der Waals surface area contributed by atoms with E-state index in [2.05, 4.69) is 15.8 Å². The lowest BCUT2D eigenvalue weighted by Gasteiger charge is -2.12. The summed E-state index contributed by atoms with van der Waals surface area (Å²) in [5.74, 6) is -0.260. The summed E-state index contributed by atoms with van der Waals surface area (Å²) in [4.78, 5) is 27.8. The number of carbonyl (C=O) groups excluding carboxylic acids is 2. The average molecular weight is 519 g/mol. The first-order valence-corrected chi connectivity index (χ1v) is 12.4. The summed E-state index contributed by atoms with van der Waals surface area (Å²) in [6, 6.07) is 33.6. The third-order valence-corrected chi connectivity index (χ3v) is 5.74. The van der Waals surface area contributed by atoms with Gasteiger partial charge in [-0.2, -0.15) is 5.10 Å². The molecule has 4 rings (SSSR count). The Morgan fingerprint density at radius 2 is 1.51 bits per heavy atom. The predicted molar refractivity (Wildman–Crippen MR) is 156 cm³/mol. The van der Waals surface area contributed by atoms with Crippen LogP contribution in [0.4, 0.5) is 5.69 Å². The summed E-state index contributed by atoms with van der Waals surface area (Å²) in [6.07, 6.45) is 3.14. The third-order valence-electron chi connectivity index (χ3n) is 5.74. The smallest absolute Gasteiger partial charge is 0.287 e.